The monoisotopic (exact) mass is 369 g/mol. The van der Waals surface area contributed by atoms with Crippen LogP contribution in [0.5, 0.6) is 5.75 Å². The van der Waals surface area contributed by atoms with E-state index < -0.39 is 0 Å². The van der Waals surface area contributed by atoms with Crippen molar-refractivity contribution in [3.63, 3.8) is 0 Å². The van der Waals surface area contributed by atoms with E-state index in [1.807, 2.05) is 36.4 Å². The number of carbonyl (C=O) groups excluding carboxylic acids is 1. The minimum atomic E-state index is -0.193. The molecular weight excluding hydrogens is 342 g/mol. The molecule has 0 unspecified atom stereocenters. The maximum absolute atomic E-state index is 12.2. The lowest BCUT2D eigenvalue weighted by Gasteiger charge is -2.27. The van der Waals surface area contributed by atoms with Gasteiger partial charge in [-0.15, -0.1) is 0 Å². The number of para-hydroxylation sites is 1. The van der Waals surface area contributed by atoms with Crippen LogP contribution in [0.1, 0.15) is 16.7 Å². The third-order valence-electron chi connectivity index (χ3n) is 4.69. The van der Waals surface area contributed by atoms with Gasteiger partial charge in [0, 0.05) is 38.3 Å². The van der Waals surface area contributed by atoms with E-state index in [9.17, 15) is 4.79 Å². The molecule has 6 heteroatoms. The number of methoxy groups -OCH3 is 1. The fourth-order valence-electron chi connectivity index (χ4n) is 3.15. The standard InChI is InChI=1S/C21H27N3O3/c1-26-20-9-5-4-7-18(20)15-23-21(25)22-14-17-6-2-3-8-19(17)16-24-10-12-27-13-11-24/h2-9H,10-16H2,1H3,(H2,22,23,25). The molecule has 1 fully saturated rings. The van der Waals surface area contributed by atoms with Crippen LogP contribution in [-0.2, 0) is 24.4 Å². The fraction of sp³-hybridized carbons (Fsp3) is 0.381. The van der Waals surface area contributed by atoms with Crippen molar-refractivity contribution in [3.05, 3.63) is 65.2 Å². The Hall–Kier alpha value is -2.57. The van der Waals surface area contributed by atoms with Crippen LogP contribution >= 0.6 is 0 Å². The summed E-state index contributed by atoms with van der Waals surface area (Å²) in [5, 5.41) is 5.84. The summed E-state index contributed by atoms with van der Waals surface area (Å²) >= 11 is 0. The molecule has 2 aromatic rings. The van der Waals surface area contributed by atoms with Gasteiger partial charge < -0.3 is 20.1 Å². The van der Waals surface area contributed by atoms with Crippen molar-refractivity contribution in [2.75, 3.05) is 33.4 Å². The fourth-order valence-corrected chi connectivity index (χ4v) is 3.15. The smallest absolute Gasteiger partial charge is 0.315 e. The number of nitrogens with one attached hydrogen (secondary N) is 2. The van der Waals surface area contributed by atoms with E-state index in [1.165, 1.54) is 5.56 Å². The molecule has 6 nitrogen and oxygen atoms in total. The molecule has 0 radical (unpaired) electrons. The van der Waals surface area contributed by atoms with E-state index in [0.29, 0.717) is 13.1 Å². The molecule has 27 heavy (non-hydrogen) atoms. The number of hydrogen-bond donors (Lipinski definition) is 2. The van der Waals surface area contributed by atoms with E-state index in [0.717, 1.165) is 49.7 Å². The van der Waals surface area contributed by atoms with Crippen LogP contribution in [0.25, 0.3) is 0 Å². The second-order valence-corrected chi connectivity index (χ2v) is 6.51. The average molecular weight is 369 g/mol. The molecule has 0 aromatic heterocycles. The van der Waals surface area contributed by atoms with Gasteiger partial charge in [-0.25, -0.2) is 4.79 Å². The summed E-state index contributed by atoms with van der Waals surface area (Å²) in [5.74, 6) is 0.772. The van der Waals surface area contributed by atoms with Crippen LogP contribution in [0.2, 0.25) is 0 Å². The van der Waals surface area contributed by atoms with Gasteiger partial charge in [0.1, 0.15) is 5.75 Å². The molecule has 1 saturated heterocycles. The molecule has 0 saturated carbocycles. The van der Waals surface area contributed by atoms with Crippen molar-refractivity contribution < 1.29 is 14.3 Å². The van der Waals surface area contributed by atoms with Crippen LogP contribution in [0, 0.1) is 0 Å². The van der Waals surface area contributed by atoms with Gasteiger partial charge >= 0.3 is 6.03 Å². The minimum absolute atomic E-state index is 0.193. The Morgan fingerprint density at radius 3 is 2.26 bits per heavy atom. The lowest BCUT2D eigenvalue weighted by molar-refractivity contribution is 0.0341. The van der Waals surface area contributed by atoms with Gasteiger partial charge in [0.25, 0.3) is 0 Å². The van der Waals surface area contributed by atoms with Gasteiger partial charge in [-0.3, -0.25) is 4.90 Å². The number of ether oxygens (including phenoxy) is 2. The normalized spacial score (nSPS) is 14.6. The first-order valence-electron chi connectivity index (χ1n) is 9.26. The largest absolute Gasteiger partial charge is 0.496 e. The molecule has 0 aliphatic carbocycles. The molecule has 144 valence electrons. The molecule has 2 aromatic carbocycles. The van der Waals surface area contributed by atoms with Gasteiger partial charge in [0.05, 0.1) is 20.3 Å². The van der Waals surface area contributed by atoms with Crippen molar-refractivity contribution >= 4 is 6.03 Å². The zero-order valence-corrected chi connectivity index (χ0v) is 15.7. The van der Waals surface area contributed by atoms with Gasteiger partial charge in [-0.05, 0) is 17.2 Å². The topological polar surface area (TPSA) is 62.8 Å². The van der Waals surface area contributed by atoms with Gasteiger partial charge in [0.15, 0.2) is 0 Å². The highest BCUT2D eigenvalue weighted by molar-refractivity contribution is 5.74. The first-order chi connectivity index (χ1) is 13.3. The SMILES string of the molecule is COc1ccccc1CNC(=O)NCc1ccccc1CN1CCOCC1. The summed E-state index contributed by atoms with van der Waals surface area (Å²) in [6, 6.07) is 15.7. The quantitative estimate of drug-likeness (QED) is 0.787. The van der Waals surface area contributed by atoms with E-state index in [-0.39, 0.29) is 6.03 Å². The maximum atomic E-state index is 12.2. The Morgan fingerprint density at radius 2 is 1.56 bits per heavy atom. The van der Waals surface area contributed by atoms with E-state index in [2.05, 4.69) is 27.7 Å². The lowest BCUT2D eigenvalue weighted by Crippen LogP contribution is -2.37. The Labute approximate surface area is 160 Å². The summed E-state index contributed by atoms with van der Waals surface area (Å²) in [6.07, 6.45) is 0. The van der Waals surface area contributed by atoms with Crippen molar-refractivity contribution in [1.82, 2.24) is 15.5 Å². The number of rotatable bonds is 7. The Balaban J connectivity index is 1.51. The molecule has 0 bridgehead atoms. The van der Waals surface area contributed by atoms with Gasteiger partial charge in [-0.2, -0.15) is 0 Å². The Morgan fingerprint density at radius 1 is 0.963 bits per heavy atom. The van der Waals surface area contributed by atoms with E-state index >= 15 is 0 Å². The average Bonchev–Trinajstić information content (AvgIpc) is 2.72. The van der Waals surface area contributed by atoms with Crippen LogP contribution in [0.4, 0.5) is 4.79 Å². The molecule has 0 spiro atoms. The summed E-state index contributed by atoms with van der Waals surface area (Å²) in [4.78, 5) is 14.6. The first kappa shape index (κ1) is 19.2. The Kier molecular flexibility index (Phi) is 7.07. The molecular formula is C21H27N3O3. The summed E-state index contributed by atoms with van der Waals surface area (Å²) in [5.41, 5.74) is 3.32. The molecule has 2 amide bonds. The Bertz CT molecular complexity index is 745. The molecule has 0 atom stereocenters. The third-order valence-corrected chi connectivity index (χ3v) is 4.69. The molecule has 1 heterocycles. The minimum Gasteiger partial charge on any atom is -0.496 e. The van der Waals surface area contributed by atoms with Crippen molar-refractivity contribution in [3.8, 4) is 5.75 Å². The number of amides is 2. The third kappa shape index (κ3) is 5.70. The second kappa shape index (κ2) is 9.94. The predicted molar refractivity (Wildman–Crippen MR) is 105 cm³/mol. The molecule has 2 N–H and O–H groups in total. The van der Waals surface area contributed by atoms with E-state index in [4.69, 9.17) is 9.47 Å². The van der Waals surface area contributed by atoms with Crippen molar-refractivity contribution in [1.29, 1.82) is 0 Å². The van der Waals surface area contributed by atoms with Crippen molar-refractivity contribution in [2.24, 2.45) is 0 Å². The van der Waals surface area contributed by atoms with Gasteiger partial charge in [0.2, 0.25) is 0 Å². The summed E-state index contributed by atoms with van der Waals surface area (Å²) < 4.78 is 10.7. The van der Waals surface area contributed by atoms with Crippen LogP contribution in [-0.4, -0.2) is 44.3 Å². The molecule has 1 aliphatic heterocycles. The zero-order valence-electron chi connectivity index (χ0n) is 15.7. The number of carbonyl (C=O) groups is 1. The summed E-state index contributed by atoms with van der Waals surface area (Å²) in [6.45, 7) is 5.26. The number of urea groups is 1. The zero-order chi connectivity index (χ0) is 18.9. The van der Waals surface area contributed by atoms with Gasteiger partial charge in [-0.1, -0.05) is 42.5 Å². The molecule has 1 aliphatic rings. The highest BCUT2D eigenvalue weighted by Gasteiger charge is 2.13. The second-order valence-electron chi connectivity index (χ2n) is 6.51. The van der Waals surface area contributed by atoms with Crippen molar-refractivity contribution in [2.45, 2.75) is 19.6 Å². The maximum Gasteiger partial charge on any atom is 0.315 e. The molecule has 3 rings (SSSR count). The highest BCUT2D eigenvalue weighted by Crippen LogP contribution is 2.16. The predicted octanol–water partition coefficient (Wildman–Crippen LogP) is 2.53. The summed E-state index contributed by atoms with van der Waals surface area (Å²) in [7, 11) is 1.63. The number of hydrogen-bond acceptors (Lipinski definition) is 4. The number of nitrogens with zero attached hydrogens (tertiary/aromatic N) is 1. The highest BCUT2D eigenvalue weighted by atomic mass is 16.5. The van der Waals surface area contributed by atoms with Crippen LogP contribution in [0.15, 0.2) is 48.5 Å². The van der Waals surface area contributed by atoms with Crippen LogP contribution < -0.4 is 15.4 Å². The number of benzene rings is 2. The number of morpholine rings is 1. The first-order valence-corrected chi connectivity index (χ1v) is 9.26. The lowest BCUT2D eigenvalue weighted by atomic mass is 10.1. The van der Waals surface area contributed by atoms with E-state index in [1.54, 1.807) is 7.11 Å². The van der Waals surface area contributed by atoms with Crippen LogP contribution in [0.3, 0.4) is 0 Å².